The van der Waals surface area contributed by atoms with Crippen LogP contribution in [0.2, 0.25) is 0 Å². The van der Waals surface area contributed by atoms with Gasteiger partial charge in [0.25, 0.3) is 5.91 Å². The topological polar surface area (TPSA) is 130 Å². The predicted molar refractivity (Wildman–Crippen MR) is 88.6 cm³/mol. The number of ether oxygens (including phenoxy) is 3. The molecule has 3 N–H and O–H groups in total. The van der Waals surface area contributed by atoms with Gasteiger partial charge in [-0.15, -0.1) is 0 Å². The van der Waals surface area contributed by atoms with Crippen LogP contribution in [0, 0.1) is 5.92 Å². The normalized spacial score (nSPS) is 11.6. The highest BCUT2D eigenvalue weighted by atomic mass is 16.7. The summed E-state index contributed by atoms with van der Waals surface area (Å²) in [7, 11) is 0. The van der Waals surface area contributed by atoms with E-state index in [1.807, 2.05) is 0 Å². The van der Waals surface area contributed by atoms with Crippen LogP contribution in [0.1, 0.15) is 38.2 Å². The quantitative estimate of drug-likeness (QED) is 0.520. The van der Waals surface area contributed by atoms with Gasteiger partial charge in [-0.25, -0.2) is 9.78 Å². The lowest BCUT2D eigenvalue weighted by atomic mass is 10.2. The molecule has 1 aromatic heterocycles. The second-order valence-electron chi connectivity index (χ2n) is 5.41. The fraction of sp³-hybridized carbons (Fsp3) is 0.500. The Morgan fingerprint density at radius 3 is 2.48 bits per heavy atom. The third-order valence-electron chi connectivity index (χ3n) is 3.01. The van der Waals surface area contributed by atoms with Gasteiger partial charge in [-0.2, -0.15) is 0 Å². The summed E-state index contributed by atoms with van der Waals surface area (Å²) in [4.78, 5) is 39.3. The first kappa shape index (κ1) is 20.2. The first-order chi connectivity index (χ1) is 11.8. The molecule has 0 aliphatic heterocycles. The van der Waals surface area contributed by atoms with Crippen LogP contribution < -0.4 is 15.8 Å². The number of anilines is 1. The number of hydrogen-bond acceptors (Lipinski definition) is 8. The van der Waals surface area contributed by atoms with Crippen LogP contribution in [0.15, 0.2) is 12.3 Å². The number of pyridine rings is 1. The van der Waals surface area contributed by atoms with Crippen molar-refractivity contribution in [3.8, 4) is 5.75 Å². The van der Waals surface area contributed by atoms with Crippen molar-refractivity contribution in [1.29, 1.82) is 0 Å². The Morgan fingerprint density at radius 2 is 1.88 bits per heavy atom. The maximum Gasteiger partial charge on any atom is 0.328 e. The third kappa shape index (κ3) is 5.94. The molecule has 1 amide bonds. The summed E-state index contributed by atoms with van der Waals surface area (Å²) in [6.45, 7) is 6.28. The second kappa shape index (κ2) is 9.45. The zero-order valence-electron chi connectivity index (χ0n) is 14.7. The number of aromatic nitrogens is 1. The number of carbonyl (C=O) groups excluding carboxylic acids is 3. The average molecular weight is 353 g/mol. The van der Waals surface area contributed by atoms with Gasteiger partial charge in [0.15, 0.2) is 11.4 Å². The Balaban J connectivity index is 2.82. The molecule has 0 bridgehead atoms. The molecule has 25 heavy (non-hydrogen) atoms. The van der Waals surface area contributed by atoms with Crippen LogP contribution >= 0.6 is 0 Å². The lowest BCUT2D eigenvalue weighted by Crippen LogP contribution is -2.40. The first-order valence-electron chi connectivity index (χ1n) is 7.79. The largest absolute Gasteiger partial charge is 0.464 e. The number of carbonyl (C=O) groups is 3. The Morgan fingerprint density at radius 1 is 1.20 bits per heavy atom. The van der Waals surface area contributed by atoms with Crippen molar-refractivity contribution < 1.29 is 28.6 Å². The van der Waals surface area contributed by atoms with Gasteiger partial charge >= 0.3 is 11.9 Å². The predicted octanol–water partition coefficient (Wildman–Crippen LogP) is 0.881. The van der Waals surface area contributed by atoms with E-state index in [1.54, 1.807) is 20.8 Å². The smallest absolute Gasteiger partial charge is 0.328 e. The van der Waals surface area contributed by atoms with E-state index in [9.17, 15) is 14.4 Å². The van der Waals surface area contributed by atoms with Crippen LogP contribution in [0.5, 0.6) is 5.75 Å². The van der Waals surface area contributed by atoms with Crippen molar-refractivity contribution in [1.82, 2.24) is 10.3 Å². The molecule has 0 aliphatic carbocycles. The SMILES string of the molecule is CCOC(=O)C(C)NC(=O)c1nccc(N)c1OCOC(=O)C(C)C. The highest BCUT2D eigenvalue weighted by Gasteiger charge is 2.22. The maximum atomic E-state index is 12.3. The highest BCUT2D eigenvalue weighted by molar-refractivity contribution is 5.98. The number of nitrogens with one attached hydrogen (secondary N) is 1. The summed E-state index contributed by atoms with van der Waals surface area (Å²) < 4.78 is 15.0. The number of rotatable bonds is 8. The number of hydrogen-bond donors (Lipinski definition) is 2. The number of nitrogens with two attached hydrogens (primary N) is 1. The fourth-order valence-electron chi connectivity index (χ4n) is 1.68. The molecular weight excluding hydrogens is 330 g/mol. The molecule has 138 valence electrons. The standard InChI is InChI=1S/C16H23N3O6/c1-5-23-16(22)10(4)19-14(20)12-13(11(17)6-7-18-12)24-8-25-15(21)9(2)3/h6-7,9-10H,5,8H2,1-4H3,(H2,17,18)(H,19,20). The monoisotopic (exact) mass is 353 g/mol. The lowest BCUT2D eigenvalue weighted by molar-refractivity contribution is -0.154. The summed E-state index contributed by atoms with van der Waals surface area (Å²) in [5, 5.41) is 2.45. The number of amides is 1. The summed E-state index contributed by atoms with van der Waals surface area (Å²) in [6.07, 6.45) is 1.33. The molecule has 1 aromatic rings. The summed E-state index contributed by atoms with van der Waals surface area (Å²) in [5.41, 5.74) is 5.81. The van der Waals surface area contributed by atoms with Crippen molar-refractivity contribution >= 4 is 23.5 Å². The van der Waals surface area contributed by atoms with Crippen molar-refractivity contribution in [3.63, 3.8) is 0 Å². The minimum atomic E-state index is -0.873. The van der Waals surface area contributed by atoms with Crippen LogP contribution in [0.25, 0.3) is 0 Å². The summed E-state index contributed by atoms with van der Waals surface area (Å²) in [6, 6.07) is 0.563. The van der Waals surface area contributed by atoms with Gasteiger partial charge in [-0.3, -0.25) is 9.59 Å². The van der Waals surface area contributed by atoms with Crippen molar-refractivity contribution in [2.45, 2.75) is 33.7 Å². The molecule has 1 heterocycles. The van der Waals surface area contributed by atoms with Crippen LogP contribution in [0.4, 0.5) is 5.69 Å². The fourth-order valence-corrected chi connectivity index (χ4v) is 1.68. The molecular formula is C16H23N3O6. The van der Waals surface area contributed by atoms with Crippen LogP contribution in [-0.2, 0) is 19.1 Å². The molecule has 0 fully saturated rings. The van der Waals surface area contributed by atoms with Gasteiger partial charge in [-0.05, 0) is 19.9 Å². The molecule has 0 saturated carbocycles. The van der Waals surface area contributed by atoms with E-state index in [-0.39, 0.29) is 29.7 Å². The maximum absolute atomic E-state index is 12.3. The minimum absolute atomic E-state index is 0.0346. The third-order valence-corrected chi connectivity index (χ3v) is 3.01. The van der Waals surface area contributed by atoms with E-state index in [0.717, 1.165) is 0 Å². The zero-order valence-corrected chi connectivity index (χ0v) is 14.7. The van der Waals surface area contributed by atoms with E-state index in [4.69, 9.17) is 19.9 Å². The molecule has 1 rings (SSSR count). The van der Waals surface area contributed by atoms with Crippen molar-refractivity contribution in [3.05, 3.63) is 18.0 Å². The van der Waals surface area contributed by atoms with Crippen molar-refractivity contribution in [2.24, 2.45) is 5.92 Å². The number of esters is 2. The summed E-state index contributed by atoms with van der Waals surface area (Å²) >= 11 is 0. The van der Waals surface area contributed by atoms with E-state index < -0.39 is 30.7 Å². The molecule has 0 radical (unpaired) electrons. The average Bonchev–Trinajstić information content (AvgIpc) is 2.55. The Bertz CT molecular complexity index is 632. The Kier molecular flexibility index (Phi) is 7.64. The first-order valence-corrected chi connectivity index (χ1v) is 7.79. The van der Waals surface area contributed by atoms with Gasteiger partial charge in [0.05, 0.1) is 18.2 Å². The molecule has 0 saturated heterocycles. The molecule has 9 nitrogen and oxygen atoms in total. The molecule has 9 heteroatoms. The Labute approximate surface area is 145 Å². The molecule has 1 unspecified atom stereocenters. The van der Waals surface area contributed by atoms with Gasteiger partial charge < -0.3 is 25.3 Å². The summed E-state index contributed by atoms with van der Waals surface area (Å²) in [5.74, 6) is -2.05. The lowest BCUT2D eigenvalue weighted by Gasteiger charge is -2.15. The van der Waals surface area contributed by atoms with Crippen molar-refractivity contribution in [2.75, 3.05) is 19.1 Å². The van der Waals surface area contributed by atoms with E-state index in [2.05, 4.69) is 10.3 Å². The number of nitrogen functional groups attached to an aromatic ring is 1. The zero-order chi connectivity index (χ0) is 19.0. The van der Waals surface area contributed by atoms with Crippen LogP contribution in [-0.4, -0.2) is 42.3 Å². The van der Waals surface area contributed by atoms with E-state index in [0.29, 0.717) is 0 Å². The minimum Gasteiger partial charge on any atom is -0.464 e. The van der Waals surface area contributed by atoms with E-state index >= 15 is 0 Å². The Hall–Kier alpha value is -2.84. The molecule has 1 atom stereocenters. The highest BCUT2D eigenvalue weighted by Crippen LogP contribution is 2.24. The van der Waals surface area contributed by atoms with Crippen LogP contribution in [0.3, 0.4) is 0 Å². The second-order valence-corrected chi connectivity index (χ2v) is 5.41. The van der Waals surface area contributed by atoms with E-state index in [1.165, 1.54) is 19.2 Å². The number of nitrogens with zero attached hydrogens (tertiary/aromatic N) is 1. The molecule has 0 aliphatic rings. The van der Waals surface area contributed by atoms with Gasteiger partial charge in [0.1, 0.15) is 6.04 Å². The molecule has 0 spiro atoms. The van der Waals surface area contributed by atoms with Gasteiger partial charge in [0.2, 0.25) is 6.79 Å². The van der Waals surface area contributed by atoms with Gasteiger partial charge in [0, 0.05) is 6.20 Å². The van der Waals surface area contributed by atoms with Gasteiger partial charge in [-0.1, -0.05) is 13.8 Å². The molecule has 0 aromatic carbocycles.